The molecule has 1 fully saturated rings. The van der Waals surface area contributed by atoms with E-state index in [1.807, 2.05) is 12.1 Å². The van der Waals surface area contributed by atoms with Gasteiger partial charge in [0.2, 0.25) is 0 Å². The third-order valence-electron chi connectivity index (χ3n) is 7.05. The number of phenols is 1. The summed E-state index contributed by atoms with van der Waals surface area (Å²) in [5.74, 6) is 1.10. The molecule has 1 unspecified atom stereocenters. The number of rotatable bonds is 5. The fourth-order valence-electron chi connectivity index (χ4n) is 5.43. The highest BCUT2D eigenvalue weighted by molar-refractivity contribution is 5.86. The second kappa shape index (κ2) is 8.23. The quantitative estimate of drug-likeness (QED) is 0.492. The first kappa shape index (κ1) is 18.7. The van der Waals surface area contributed by atoms with Crippen molar-refractivity contribution < 1.29 is 5.11 Å². The lowest BCUT2D eigenvalue weighted by Crippen LogP contribution is -2.27. The molecule has 3 aromatic rings. The molecule has 0 bridgehead atoms. The third kappa shape index (κ3) is 3.93. The number of aromatic amines is 1. The van der Waals surface area contributed by atoms with Crippen LogP contribution in [0.15, 0.2) is 42.5 Å². The zero-order chi connectivity index (χ0) is 19.6. The lowest BCUT2D eigenvalue weighted by molar-refractivity contribution is 0.444. The SMILES string of the molecule is Oc1ccc(CCNC2CCCc3c2[nH]c2ccc(C4CCCCC4)cc32)cc1. The first-order valence-electron chi connectivity index (χ1n) is 11.4. The highest BCUT2D eigenvalue weighted by atomic mass is 16.3. The second-order valence-corrected chi connectivity index (χ2v) is 8.97. The van der Waals surface area contributed by atoms with Gasteiger partial charge in [0.25, 0.3) is 0 Å². The minimum absolute atomic E-state index is 0.337. The van der Waals surface area contributed by atoms with E-state index in [2.05, 4.69) is 28.5 Å². The van der Waals surface area contributed by atoms with Crippen LogP contribution in [0.4, 0.5) is 0 Å². The number of fused-ring (bicyclic) bond motifs is 3. The zero-order valence-corrected chi connectivity index (χ0v) is 17.2. The first-order valence-corrected chi connectivity index (χ1v) is 11.4. The summed E-state index contributed by atoms with van der Waals surface area (Å²) in [4.78, 5) is 3.76. The van der Waals surface area contributed by atoms with Gasteiger partial charge in [-0.3, -0.25) is 0 Å². The van der Waals surface area contributed by atoms with Crippen molar-refractivity contribution >= 4 is 10.9 Å². The van der Waals surface area contributed by atoms with Gasteiger partial charge in [-0.25, -0.2) is 0 Å². The van der Waals surface area contributed by atoms with Crippen LogP contribution in [0.3, 0.4) is 0 Å². The summed E-state index contributed by atoms with van der Waals surface area (Å²) in [5.41, 5.74) is 7.09. The van der Waals surface area contributed by atoms with Gasteiger partial charge in [0.1, 0.15) is 5.75 Å². The van der Waals surface area contributed by atoms with Crippen LogP contribution in [0.1, 0.15) is 79.3 Å². The smallest absolute Gasteiger partial charge is 0.115 e. The lowest BCUT2D eigenvalue weighted by Gasteiger charge is -2.24. The molecule has 0 saturated heterocycles. The normalized spacial score (nSPS) is 20.1. The van der Waals surface area contributed by atoms with Crippen molar-refractivity contribution in [1.82, 2.24) is 10.3 Å². The predicted molar refractivity (Wildman–Crippen MR) is 120 cm³/mol. The lowest BCUT2D eigenvalue weighted by atomic mass is 9.83. The maximum atomic E-state index is 9.45. The highest BCUT2D eigenvalue weighted by Crippen LogP contribution is 2.38. The van der Waals surface area contributed by atoms with E-state index in [-0.39, 0.29) is 0 Å². The van der Waals surface area contributed by atoms with Crippen LogP contribution in [-0.4, -0.2) is 16.6 Å². The van der Waals surface area contributed by atoms with Crippen LogP contribution >= 0.6 is 0 Å². The van der Waals surface area contributed by atoms with Crippen molar-refractivity contribution in [2.45, 2.75) is 69.7 Å². The van der Waals surface area contributed by atoms with Crippen LogP contribution in [0, 0.1) is 0 Å². The summed E-state index contributed by atoms with van der Waals surface area (Å²) < 4.78 is 0. The molecule has 2 aliphatic carbocycles. The number of hydrogen-bond donors (Lipinski definition) is 3. The molecule has 0 amide bonds. The van der Waals surface area contributed by atoms with E-state index in [4.69, 9.17) is 0 Å². The van der Waals surface area contributed by atoms with Gasteiger partial charge in [0.05, 0.1) is 0 Å². The molecule has 3 N–H and O–H groups in total. The van der Waals surface area contributed by atoms with E-state index in [1.54, 1.807) is 23.3 Å². The molecule has 3 heteroatoms. The van der Waals surface area contributed by atoms with Crippen molar-refractivity contribution in [3.05, 3.63) is 64.8 Å². The second-order valence-electron chi connectivity index (χ2n) is 8.97. The number of nitrogens with one attached hydrogen (secondary N) is 2. The average Bonchev–Trinajstić information content (AvgIpc) is 3.15. The molecule has 1 atom stereocenters. The number of benzene rings is 2. The van der Waals surface area contributed by atoms with Gasteiger partial charge in [0.15, 0.2) is 0 Å². The maximum Gasteiger partial charge on any atom is 0.115 e. The van der Waals surface area contributed by atoms with E-state index in [0.29, 0.717) is 11.8 Å². The van der Waals surface area contributed by atoms with Crippen molar-refractivity contribution in [3.8, 4) is 5.75 Å². The molecule has 3 nitrogen and oxygen atoms in total. The fraction of sp³-hybridized carbons (Fsp3) is 0.462. The number of aromatic nitrogens is 1. The van der Waals surface area contributed by atoms with Crippen LogP contribution in [0.5, 0.6) is 5.75 Å². The van der Waals surface area contributed by atoms with E-state index >= 15 is 0 Å². The average molecular weight is 389 g/mol. The van der Waals surface area contributed by atoms with Gasteiger partial charge in [-0.1, -0.05) is 37.5 Å². The van der Waals surface area contributed by atoms with Gasteiger partial charge in [-0.2, -0.15) is 0 Å². The molecule has 0 spiro atoms. The molecule has 152 valence electrons. The summed E-state index contributed by atoms with van der Waals surface area (Å²) in [5, 5.41) is 14.7. The Morgan fingerprint density at radius 2 is 1.76 bits per heavy atom. The largest absolute Gasteiger partial charge is 0.508 e. The molecule has 0 aliphatic heterocycles. The number of aryl methyl sites for hydroxylation is 1. The van der Waals surface area contributed by atoms with Gasteiger partial charge in [0, 0.05) is 22.6 Å². The van der Waals surface area contributed by atoms with Crippen LogP contribution in [-0.2, 0) is 12.8 Å². The Hall–Kier alpha value is -2.26. The maximum absolute atomic E-state index is 9.45. The van der Waals surface area contributed by atoms with E-state index in [1.165, 1.54) is 73.5 Å². The number of H-pyrrole nitrogens is 1. The van der Waals surface area contributed by atoms with Gasteiger partial charge >= 0.3 is 0 Å². The molecule has 1 saturated carbocycles. The zero-order valence-electron chi connectivity index (χ0n) is 17.2. The van der Waals surface area contributed by atoms with E-state index in [9.17, 15) is 5.11 Å². The molecule has 2 aliphatic rings. The predicted octanol–water partition coefficient (Wildman–Crippen LogP) is 6.13. The summed E-state index contributed by atoms with van der Waals surface area (Å²) in [6, 6.07) is 15.2. The molecule has 0 radical (unpaired) electrons. The molecular formula is C26H32N2O. The summed E-state index contributed by atoms with van der Waals surface area (Å²) in [6.07, 6.45) is 11.5. The molecule has 5 rings (SSSR count). The number of hydrogen-bond acceptors (Lipinski definition) is 2. The minimum Gasteiger partial charge on any atom is -0.508 e. The fourth-order valence-corrected chi connectivity index (χ4v) is 5.43. The first-order chi connectivity index (χ1) is 14.3. The van der Waals surface area contributed by atoms with Crippen molar-refractivity contribution in [2.24, 2.45) is 0 Å². The molecule has 1 aromatic heterocycles. The Balaban J connectivity index is 1.33. The van der Waals surface area contributed by atoms with Crippen LogP contribution in [0.25, 0.3) is 10.9 Å². The van der Waals surface area contributed by atoms with E-state index < -0.39 is 0 Å². The molecule has 1 heterocycles. The topological polar surface area (TPSA) is 48.0 Å². The summed E-state index contributed by atoms with van der Waals surface area (Å²) in [7, 11) is 0. The third-order valence-corrected chi connectivity index (χ3v) is 7.05. The van der Waals surface area contributed by atoms with Crippen LogP contribution in [0.2, 0.25) is 0 Å². The van der Waals surface area contributed by atoms with Crippen molar-refractivity contribution in [1.29, 1.82) is 0 Å². The Morgan fingerprint density at radius 1 is 0.931 bits per heavy atom. The number of phenolic OH excluding ortho intramolecular Hbond substituents is 1. The number of aromatic hydroxyl groups is 1. The monoisotopic (exact) mass is 388 g/mol. The molecule has 29 heavy (non-hydrogen) atoms. The Labute approximate surface area is 173 Å². The Kier molecular flexibility index (Phi) is 5.32. The van der Waals surface area contributed by atoms with Gasteiger partial charge < -0.3 is 15.4 Å². The molecular weight excluding hydrogens is 356 g/mol. The standard InChI is InChI=1S/C26H32N2O/c29-21-12-9-18(10-13-21)15-16-27-25-8-4-7-22-23-17-20(19-5-2-1-3-6-19)11-14-24(23)28-26(22)25/h9-14,17,19,25,27-29H,1-8,15-16H2. The van der Waals surface area contributed by atoms with Gasteiger partial charge in [-0.15, -0.1) is 0 Å². The minimum atomic E-state index is 0.337. The Morgan fingerprint density at radius 3 is 2.59 bits per heavy atom. The van der Waals surface area contributed by atoms with E-state index in [0.717, 1.165) is 18.9 Å². The van der Waals surface area contributed by atoms with Crippen LogP contribution < -0.4 is 5.32 Å². The summed E-state index contributed by atoms with van der Waals surface area (Å²) >= 11 is 0. The van der Waals surface area contributed by atoms with Crippen molar-refractivity contribution in [3.63, 3.8) is 0 Å². The molecule has 2 aromatic carbocycles. The van der Waals surface area contributed by atoms with Gasteiger partial charge in [-0.05, 0) is 91.9 Å². The Bertz CT molecular complexity index is 966. The summed E-state index contributed by atoms with van der Waals surface area (Å²) in [6.45, 7) is 0.956. The van der Waals surface area contributed by atoms with Crippen molar-refractivity contribution in [2.75, 3.05) is 6.54 Å². The highest BCUT2D eigenvalue weighted by Gasteiger charge is 2.25.